The average Bonchev–Trinajstić information content (AvgIpc) is 2.99. The number of halogens is 2. The summed E-state index contributed by atoms with van der Waals surface area (Å²) in [7, 11) is 0. The van der Waals surface area contributed by atoms with Gasteiger partial charge in [0.25, 0.3) is 0 Å². The van der Waals surface area contributed by atoms with Gasteiger partial charge in [-0.2, -0.15) is 11.3 Å². The van der Waals surface area contributed by atoms with Crippen LogP contribution in [0.5, 0.6) is 5.75 Å². The van der Waals surface area contributed by atoms with Crippen LogP contribution in [-0.2, 0) is 0 Å². The van der Waals surface area contributed by atoms with Crippen molar-refractivity contribution in [3.8, 4) is 5.75 Å². The normalized spacial score (nSPS) is 17.2. The Kier molecular flexibility index (Phi) is 5.58. The second-order valence-electron chi connectivity index (χ2n) is 4.92. The van der Waals surface area contributed by atoms with E-state index in [9.17, 15) is 9.50 Å². The molecule has 21 heavy (non-hydrogen) atoms. The summed E-state index contributed by atoms with van der Waals surface area (Å²) in [5.41, 5.74) is 1.75. The van der Waals surface area contributed by atoms with Crippen LogP contribution in [0, 0.1) is 5.82 Å². The minimum Gasteiger partial charge on any atom is -0.505 e. The van der Waals surface area contributed by atoms with Gasteiger partial charge in [-0.25, -0.2) is 4.39 Å². The Bertz CT molecular complexity index is 573. The van der Waals surface area contributed by atoms with Crippen molar-refractivity contribution < 1.29 is 9.50 Å². The van der Waals surface area contributed by atoms with Crippen LogP contribution in [0.25, 0.3) is 0 Å². The predicted molar refractivity (Wildman–Crippen MR) is 85.9 cm³/mol. The molecule has 0 radical (unpaired) electrons. The minimum absolute atomic E-state index is 0. The van der Waals surface area contributed by atoms with Gasteiger partial charge in [0.05, 0.1) is 6.04 Å². The fourth-order valence-corrected chi connectivity index (χ4v) is 3.39. The molecule has 3 rings (SSSR count). The monoisotopic (exact) mass is 328 g/mol. The molecule has 2 heterocycles. The van der Waals surface area contributed by atoms with Crippen molar-refractivity contribution in [3.05, 3.63) is 52.0 Å². The van der Waals surface area contributed by atoms with Crippen molar-refractivity contribution >= 4 is 23.7 Å². The summed E-state index contributed by atoms with van der Waals surface area (Å²) in [6.07, 6.45) is 0. The lowest BCUT2D eigenvalue weighted by atomic mass is 9.97. The van der Waals surface area contributed by atoms with Gasteiger partial charge in [-0.05, 0) is 28.5 Å². The molecule has 6 heteroatoms. The first kappa shape index (κ1) is 16.2. The Hall–Kier alpha value is -1.14. The Labute approximate surface area is 133 Å². The highest BCUT2D eigenvalue weighted by Crippen LogP contribution is 2.36. The summed E-state index contributed by atoms with van der Waals surface area (Å²) in [5, 5.41) is 17.5. The van der Waals surface area contributed by atoms with E-state index in [4.69, 9.17) is 0 Å². The number of nitrogens with one attached hydrogen (secondary N) is 1. The zero-order valence-corrected chi connectivity index (χ0v) is 13.1. The second-order valence-corrected chi connectivity index (χ2v) is 5.70. The highest BCUT2D eigenvalue weighted by molar-refractivity contribution is 7.08. The molecule has 0 bridgehead atoms. The Morgan fingerprint density at radius 2 is 2.00 bits per heavy atom. The van der Waals surface area contributed by atoms with E-state index in [1.807, 2.05) is 17.5 Å². The SMILES string of the molecule is Cl.Oc1c(F)cccc1[C@@H](c1ccsc1)N1CCNCC1. The molecule has 1 saturated heterocycles. The van der Waals surface area contributed by atoms with Gasteiger partial charge in [-0.3, -0.25) is 4.90 Å². The van der Waals surface area contributed by atoms with Gasteiger partial charge in [0.1, 0.15) is 0 Å². The summed E-state index contributed by atoms with van der Waals surface area (Å²) < 4.78 is 13.7. The molecule has 3 nitrogen and oxygen atoms in total. The number of para-hydroxylation sites is 1. The number of hydrogen-bond acceptors (Lipinski definition) is 4. The third-order valence-electron chi connectivity index (χ3n) is 3.69. The highest BCUT2D eigenvalue weighted by atomic mass is 35.5. The molecule has 2 aromatic rings. The summed E-state index contributed by atoms with van der Waals surface area (Å²) in [6.45, 7) is 3.60. The van der Waals surface area contributed by atoms with E-state index in [-0.39, 0.29) is 24.2 Å². The molecule has 2 N–H and O–H groups in total. The van der Waals surface area contributed by atoms with Gasteiger partial charge in [-0.15, -0.1) is 12.4 Å². The van der Waals surface area contributed by atoms with Gasteiger partial charge in [0.15, 0.2) is 11.6 Å². The van der Waals surface area contributed by atoms with E-state index >= 15 is 0 Å². The van der Waals surface area contributed by atoms with Crippen LogP contribution in [0.2, 0.25) is 0 Å². The number of hydrogen-bond donors (Lipinski definition) is 2. The number of rotatable bonds is 3. The van der Waals surface area contributed by atoms with Crippen LogP contribution in [0.15, 0.2) is 35.0 Å². The van der Waals surface area contributed by atoms with E-state index in [0.29, 0.717) is 5.56 Å². The predicted octanol–water partition coefficient (Wildman–Crippen LogP) is 3.01. The van der Waals surface area contributed by atoms with Crippen LogP contribution in [0.4, 0.5) is 4.39 Å². The van der Waals surface area contributed by atoms with Gasteiger partial charge in [0.2, 0.25) is 0 Å². The quantitative estimate of drug-likeness (QED) is 0.909. The highest BCUT2D eigenvalue weighted by Gasteiger charge is 2.27. The molecular weight excluding hydrogens is 311 g/mol. The Balaban J connectivity index is 0.00000161. The maximum atomic E-state index is 13.7. The average molecular weight is 329 g/mol. The van der Waals surface area contributed by atoms with Crippen LogP contribution in [0.1, 0.15) is 17.2 Å². The van der Waals surface area contributed by atoms with Crippen LogP contribution in [0.3, 0.4) is 0 Å². The van der Waals surface area contributed by atoms with E-state index < -0.39 is 5.82 Å². The zero-order valence-electron chi connectivity index (χ0n) is 11.5. The summed E-state index contributed by atoms with van der Waals surface area (Å²) in [6, 6.07) is 6.72. The zero-order chi connectivity index (χ0) is 13.9. The molecule has 1 fully saturated rings. The number of nitrogens with zero attached hydrogens (tertiary/aromatic N) is 1. The number of piperazine rings is 1. The molecule has 1 atom stereocenters. The summed E-state index contributed by atoms with van der Waals surface area (Å²) in [5.74, 6) is -0.792. The first-order valence-electron chi connectivity index (χ1n) is 6.71. The lowest BCUT2D eigenvalue weighted by molar-refractivity contribution is 0.195. The number of thiophene rings is 1. The fourth-order valence-electron chi connectivity index (χ4n) is 2.71. The number of benzene rings is 1. The topological polar surface area (TPSA) is 35.5 Å². The largest absolute Gasteiger partial charge is 0.505 e. The Morgan fingerprint density at radius 1 is 1.24 bits per heavy atom. The number of phenolic OH excluding ortho intramolecular Hbond substituents is 1. The molecular formula is C15H18ClFN2OS. The number of phenols is 1. The lowest BCUT2D eigenvalue weighted by Gasteiger charge is -2.35. The second kappa shape index (κ2) is 7.22. The van der Waals surface area contributed by atoms with E-state index in [0.717, 1.165) is 31.7 Å². The molecule has 1 aromatic carbocycles. The van der Waals surface area contributed by atoms with Gasteiger partial charge in [-0.1, -0.05) is 12.1 Å². The van der Waals surface area contributed by atoms with Crippen molar-refractivity contribution in [2.24, 2.45) is 0 Å². The van der Waals surface area contributed by atoms with Crippen molar-refractivity contribution in [1.82, 2.24) is 10.2 Å². The third-order valence-corrected chi connectivity index (χ3v) is 4.39. The molecule has 114 valence electrons. The van der Waals surface area contributed by atoms with E-state index in [2.05, 4.69) is 15.6 Å². The molecule has 1 aliphatic heterocycles. The van der Waals surface area contributed by atoms with Crippen molar-refractivity contribution in [2.45, 2.75) is 6.04 Å². The lowest BCUT2D eigenvalue weighted by Crippen LogP contribution is -2.45. The maximum Gasteiger partial charge on any atom is 0.165 e. The fraction of sp³-hybridized carbons (Fsp3) is 0.333. The Morgan fingerprint density at radius 3 is 2.67 bits per heavy atom. The van der Waals surface area contributed by atoms with Crippen LogP contribution >= 0.6 is 23.7 Å². The maximum absolute atomic E-state index is 13.7. The molecule has 1 aromatic heterocycles. The molecule has 0 unspecified atom stereocenters. The van der Waals surface area contributed by atoms with Crippen molar-refractivity contribution in [1.29, 1.82) is 0 Å². The summed E-state index contributed by atoms with van der Waals surface area (Å²) >= 11 is 1.62. The van der Waals surface area contributed by atoms with E-state index in [1.165, 1.54) is 6.07 Å². The number of aromatic hydroxyl groups is 1. The van der Waals surface area contributed by atoms with Crippen molar-refractivity contribution in [2.75, 3.05) is 26.2 Å². The van der Waals surface area contributed by atoms with E-state index in [1.54, 1.807) is 17.4 Å². The summed E-state index contributed by atoms with van der Waals surface area (Å²) in [4.78, 5) is 2.28. The van der Waals surface area contributed by atoms with Gasteiger partial charge >= 0.3 is 0 Å². The third kappa shape index (κ3) is 3.37. The molecule has 0 aliphatic carbocycles. The molecule has 0 amide bonds. The first-order valence-corrected chi connectivity index (χ1v) is 7.66. The minimum atomic E-state index is -0.558. The van der Waals surface area contributed by atoms with Crippen molar-refractivity contribution in [3.63, 3.8) is 0 Å². The molecule has 0 saturated carbocycles. The van der Waals surface area contributed by atoms with Crippen LogP contribution < -0.4 is 5.32 Å². The molecule has 1 aliphatic rings. The molecule has 0 spiro atoms. The van der Waals surface area contributed by atoms with Gasteiger partial charge < -0.3 is 10.4 Å². The standard InChI is InChI=1S/C15H17FN2OS.ClH/c16-13-3-1-2-12(15(13)19)14(11-4-9-20-10-11)18-7-5-17-6-8-18;/h1-4,9-10,14,17,19H,5-8H2;1H/t14-;/m1./s1. The van der Waals surface area contributed by atoms with Crippen LogP contribution in [-0.4, -0.2) is 36.2 Å². The van der Waals surface area contributed by atoms with Gasteiger partial charge in [0, 0.05) is 31.7 Å². The smallest absolute Gasteiger partial charge is 0.165 e. The first-order chi connectivity index (χ1) is 9.77.